The van der Waals surface area contributed by atoms with Gasteiger partial charge in [-0.2, -0.15) is 0 Å². The summed E-state index contributed by atoms with van der Waals surface area (Å²) in [5.74, 6) is -0.365. The first-order valence-corrected chi connectivity index (χ1v) is 10.8. The maximum atomic E-state index is 13.4. The Kier molecular flexibility index (Phi) is 9.14. The number of hydrogen-bond acceptors (Lipinski definition) is 6. The van der Waals surface area contributed by atoms with E-state index in [1.807, 2.05) is 39.5 Å². The molecule has 3 atom stereocenters. The minimum absolute atomic E-state index is 0.217. The van der Waals surface area contributed by atoms with E-state index in [1.165, 1.54) is 7.11 Å². The van der Waals surface area contributed by atoms with Gasteiger partial charge in [0.05, 0.1) is 13.2 Å². The molecule has 1 saturated heterocycles. The number of methoxy groups -OCH3 is 1. The van der Waals surface area contributed by atoms with Gasteiger partial charge >= 0.3 is 12.1 Å². The fourth-order valence-electron chi connectivity index (χ4n) is 3.75. The monoisotopic (exact) mass is 427 g/mol. The molecule has 1 aliphatic heterocycles. The minimum Gasteiger partial charge on any atom is -0.468 e. The zero-order valence-electron chi connectivity index (χ0n) is 20.1. The molecule has 1 heterocycles. The van der Waals surface area contributed by atoms with Gasteiger partial charge in [-0.3, -0.25) is 14.5 Å². The van der Waals surface area contributed by atoms with E-state index in [4.69, 9.17) is 9.47 Å². The maximum Gasteiger partial charge on any atom is 0.407 e. The summed E-state index contributed by atoms with van der Waals surface area (Å²) in [6.07, 6.45) is 1.38. The van der Waals surface area contributed by atoms with E-state index in [1.54, 1.807) is 20.8 Å². The second kappa shape index (κ2) is 10.5. The molecular formula is C22H41N3O5. The topological polar surface area (TPSA) is 97.0 Å². The van der Waals surface area contributed by atoms with Crippen molar-refractivity contribution in [1.29, 1.82) is 0 Å². The van der Waals surface area contributed by atoms with E-state index in [2.05, 4.69) is 10.6 Å². The smallest absolute Gasteiger partial charge is 0.407 e. The number of amides is 2. The number of ether oxygens (including phenoxy) is 2. The number of alkyl carbamates (subject to hydrolysis) is 1. The van der Waals surface area contributed by atoms with Crippen LogP contribution in [0.3, 0.4) is 0 Å². The number of hydrogen-bond donors (Lipinski definition) is 2. The lowest BCUT2D eigenvalue weighted by Crippen LogP contribution is -2.63. The molecule has 0 aromatic rings. The summed E-state index contributed by atoms with van der Waals surface area (Å²) in [5.41, 5.74) is -1.11. The molecular weight excluding hydrogens is 386 g/mol. The highest BCUT2D eigenvalue weighted by molar-refractivity contribution is 5.85. The molecule has 0 aromatic carbocycles. The second-order valence-electron chi connectivity index (χ2n) is 10.5. The van der Waals surface area contributed by atoms with Crippen LogP contribution in [-0.4, -0.2) is 65.8 Å². The quantitative estimate of drug-likeness (QED) is 0.607. The Morgan fingerprint density at radius 1 is 1.10 bits per heavy atom. The summed E-state index contributed by atoms with van der Waals surface area (Å²) < 4.78 is 10.4. The summed E-state index contributed by atoms with van der Waals surface area (Å²) in [6.45, 7) is 15.7. The van der Waals surface area contributed by atoms with E-state index >= 15 is 0 Å². The zero-order valence-corrected chi connectivity index (χ0v) is 20.1. The number of likely N-dealkylation sites (tertiary alicyclic amines) is 1. The van der Waals surface area contributed by atoms with Crippen LogP contribution in [0, 0.1) is 5.92 Å². The van der Waals surface area contributed by atoms with Crippen molar-refractivity contribution in [3.05, 3.63) is 0 Å². The molecule has 8 heteroatoms. The molecule has 174 valence electrons. The van der Waals surface area contributed by atoms with Crippen molar-refractivity contribution in [2.45, 2.75) is 104 Å². The van der Waals surface area contributed by atoms with Crippen LogP contribution in [0.1, 0.15) is 74.7 Å². The number of rotatable bonds is 7. The Balaban J connectivity index is 3.28. The average Bonchev–Trinajstić information content (AvgIpc) is 2.99. The molecule has 0 radical (unpaired) electrons. The van der Waals surface area contributed by atoms with Gasteiger partial charge in [-0.05, 0) is 73.3 Å². The van der Waals surface area contributed by atoms with E-state index in [0.29, 0.717) is 19.4 Å². The molecule has 0 unspecified atom stereocenters. The Bertz CT molecular complexity index is 607. The van der Waals surface area contributed by atoms with Crippen molar-refractivity contribution in [1.82, 2.24) is 15.5 Å². The third kappa shape index (κ3) is 8.50. The van der Waals surface area contributed by atoms with Gasteiger partial charge in [-0.1, -0.05) is 13.8 Å². The van der Waals surface area contributed by atoms with Crippen LogP contribution >= 0.6 is 0 Å². The lowest BCUT2D eigenvalue weighted by Gasteiger charge is -2.38. The molecule has 1 fully saturated rings. The standard InChI is InChI=1S/C22H41N3O5/c1-14(2)13-15(23-20(28)30-22(6,7)8)17(18(26)24-21(3,4)5)25-12-10-11-16(25)19(27)29-9/h14-17H,10-13H2,1-9H3,(H,23,28)(H,24,26)/t15-,16-,17-/m0/s1. The van der Waals surface area contributed by atoms with Gasteiger partial charge in [0.25, 0.3) is 0 Å². The molecule has 2 N–H and O–H groups in total. The molecule has 2 amide bonds. The van der Waals surface area contributed by atoms with Crippen LogP contribution in [0.5, 0.6) is 0 Å². The molecule has 0 spiro atoms. The first kappa shape index (κ1) is 26.2. The van der Waals surface area contributed by atoms with Crippen LogP contribution in [0.25, 0.3) is 0 Å². The maximum absolute atomic E-state index is 13.4. The number of esters is 1. The van der Waals surface area contributed by atoms with E-state index < -0.39 is 35.4 Å². The van der Waals surface area contributed by atoms with Crippen molar-refractivity contribution >= 4 is 18.0 Å². The largest absolute Gasteiger partial charge is 0.468 e. The first-order chi connectivity index (χ1) is 13.6. The molecule has 30 heavy (non-hydrogen) atoms. The van der Waals surface area contributed by atoms with Gasteiger partial charge in [0.2, 0.25) is 5.91 Å². The van der Waals surface area contributed by atoms with E-state index in [9.17, 15) is 14.4 Å². The zero-order chi connectivity index (χ0) is 23.3. The SMILES string of the molecule is COC(=O)[C@@H]1CCCN1[C@H](C(=O)NC(C)(C)C)[C@H](CC(C)C)NC(=O)OC(C)(C)C. The summed E-state index contributed by atoms with van der Waals surface area (Å²) in [4.78, 5) is 40.2. The fourth-order valence-corrected chi connectivity index (χ4v) is 3.75. The van der Waals surface area contributed by atoms with Crippen LogP contribution < -0.4 is 10.6 Å². The Morgan fingerprint density at radius 2 is 1.70 bits per heavy atom. The van der Waals surface area contributed by atoms with Gasteiger partial charge in [-0.25, -0.2) is 4.79 Å². The number of carbonyl (C=O) groups excluding carboxylic acids is 3. The fraction of sp³-hybridized carbons (Fsp3) is 0.864. The third-order valence-corrected chi connectivity index (χ3v) is 4.70. The first-order valence-electron chi connectivity index (χ1n) is 10.8. The number of carbonyl (C=O) groups is 3. The Labute approximate surface area is 181 Å². The van der Waals surface area contributed by atoms with Gasteiger partial charge in [0, 0.05) is 5.54 Å². The molecule has 0 bridgehead atoms. The third-order valence-electron chi connectivity index (χ3n) is 4.70. The molecule has 1 rings (SSSR count). The number of nitrogens with one attached hydrogen (secondary N) is 2. The van der Waals surface area contributed by atoms with Gasteiger partial charge in [0.15, 0.2) is 0 Å². The molecule has 0 aromatic heterocycles. The lowest BCUT2D eigenvalue weighted by atomic mass is 9.94. The highest BCUT2D eigenvalue weighted by atomic mass is 16.6. The summed E-state index contributed by atoms with van der Waals surface area (Å²) >= 11 is 0. The van der Waals surface area contributed by atoms with Crippen molar-refractivity contribution in [3.8, 4) is 0 Å². The molecule has 1 aliphatic rings. The minimum atomic E-state index is -0.717. The van der Waals surface area contributed by atoms with Gasteiger partial charge in [0.1, 0.15) is 17.7 Å². The van der Waals surface area contributed by atoms with Gasteiger partial charge < -0.3 is 20.1 Å². The van der Waals surface area contributed by atoms with E-state index in [0.717, 1.165) is 6.42 Å². The van der Waals surface area contributed by atoms with E-state index in [-0.39, 0.29) is 17.8 Å². The predicted octanol–water partition coefficient (Wildman–Crippen LogP) is 2.85. The van der Waals surface area contributed by atoms with Crippen LogP contribution in [-0.2, 0) is 19.1 Å². The van der Waals surface area contributed by atoms with Crippen molar-refractivity contribution < 1.29 is 23.9 Å². The summed E-state index contributed by atoms with van der Waals surface area (Å²) in [7, 11) is 1.35. The van der Waals surface area contributed by atoms with Crippen LogP contribution in [0.2, 0.25) is 0 Å². The highest BCUT2D eigenvalue weighted by Gasteiger charge is 2.44. The average molecular weight is 428 g/mol. The Morgan fingerprint density at radius 3 is 2.17 bits per heavy atom. The summed E-state index contributed by atoms with van der Waals surface area (Å²) in [5, 5.41) is 5.93. The van der Waals surface area contributed by atoms with Crippen molar-refractivity contribution in [2.24, 2.45) is 5.92 Å². The predicted molar refractivity (Wildman–Crippen MR) is 116 cm³/mol. The Hall–Kier alpha value is -1.83. The van der Waals surface area contributed by atoms with Crippen molar-refractivity contribution in [2.75, 3.05) is 13.7 Å². The normalized spacial score (nSPS) is 19.9. The molecule has 0 saturated carbocycles. The molecule has 0 aliphatic carbocycles. The van der Waals surface area contributed by atoms with Crippen LogP contribution in [0.4, 0.5) is 4.79 Å². The second-order valence-corrected chi connectivity index (χ2v) is 10.5. The van der Waals surface area contributed by atoms with Gasteiger partial charge in [-0.15, -0.1) is 0 Å². The number of nitrogens with zero attached hydrogens (tertiary/aromatic N) is 1. The highest BCUT2D eigenvalue weighted by Crippen LogP contribution is 2.26. The van der Waals surface area contributed by atoms with Crippen LogP contribution in [0.15, 0.2) is 0 Å². The molecule has 8 nitrogen and oxygen atoms in total. The lowest BCUT2D eigenvalue weighted by molar-refractivity contribution is -0.148. The summed E-state index contributed by atoms with van der Waals surface area (Å²) in [6, 6.07) is -1.75. The van der Waals surface area contributed by atoms with Crippen molar-refractivity contribution in [3.63, 3.8) is 0 Å².